The maximum Gasteiger partial charge on any atom is 0.573 e. The van der Waals surface area contributed by atoms with Crippen molar-refractivity contribution in [3.8, 4) is 11.5 Å². The first kappa shape index (κ1) is 21.2. The number of rotatable bonds is 7. The Hall–Kier alpha value is -3.07. The van der Waals surface area contributed by atoms with Gasteiger partial charge in [-0.3, -0.25) is 4.79 Å². The number of methoxy groups -OCH3 is 1. The summed E-state index contributed by atoms with van der Waals surface area (Å²) >= 11 is 1.38. The first-order chi connectivity index (χ1) is 14.8. The fraction of sp³-hybridized carbons (Fsp3) is 0.273. The van der Waals surface area contributed by atoms with Gasteiger partial charge in [-0.15, -0.1) is 24.5 Å². The fourth-order valence-corrected chi connectivity index (χ4v) is 4.28. The van der Waals surface area contributed by atoms with Crippen LogP contribution in [-0.2, 0) is 16.6 Å². The lowest BCUT2D eigenvalue weighted by molar-refractivity contribution is -0.274. The highest BCUT2D eigenvalue weighted by Crippen LogP contribution is 2.49. The number of hydrogen-bond acceptors (Lipinski definition) is 5. The third-order valence-electron chi connectivity index (χ3n) is 5.16. The number of halogens is 3. The van der Waals surface area contributed by atoms with Crippen LogP contribution in [0.2, 0.25) is 0 Å². The molecule has 2 aromatic carbocycles. The van der Waals surface area contributed by atoms with Crippen LogP contribution in [0.1, 0.15) is 28.8 Å². The monoisotopic (exact) mass is 448 g/mol. The van der Waals surface area contributed by atoms with Crippen molar-refractivity contribution in [2.24, 2.45) is 0 Å². The lowest BCUT2D eigenvalue weighted by Gasteiger charge is -2.15. The predicted octanol–water partition coefficient (Wildman–Crippen LogP) is 5.31. The van der Waals surface area contributed by atoms with Gasteiger partial charge in [0.15, 0.2) is 5.13 Å². The minimum Gasteiger partial charge on any atom is -0.496 e. The number of thiazole rings is 1. The standard InChI is InChI=1S/C22H19F3N2O3S/c1-29-18-5-3-2-4-14(18)12-17-13-26-20(31-17)27-19(28)21(10-11-21)15-6-8-16(9-7-15)30-22(23,24)25/h2-9,13H,10-12H2,1H3,(H,26,27,28). The van der Waals surface area contributed by atoms with Crippen LogP contribution in [-0.4, -0.2) is 24.4 Å². The molecule has 0 radical (unpaired) electrons. The number of nitrogens with one attached hydrogen (secondary N) is 1. The number of hydrogen-bond donors (Lipinski definition) is 1. The summed E-state index contributed by atoms with van der Waals surface area (Å²) in [5.41, 5.74) is 0.933. The number of carbonyl (C=O) groups is 1. The van der Waals surface area contributed by atoms with Crippen LogP contribution in [0.5, 0.6) is 11.5 Å². The Bertz CT molecular complexity index is 1080. The zero-order valence-corrected chi connectivity index (χ0v) is 17.3. The quantitative estimate of drug-likeness (QED) is 0.532. The van der Waals surface area contributed by atoms with Gasteiger partial charge in [-0.2, -0.15) is 0 Å². The second-order valence-electron chi connectivity index (χ2n) is 7.23. The van der Waals surface area contributed by atoms with E-state index in [1.807, 2.05) is 24.3 Å². The SMILES string of the molecule is COc1ccccc1Cc1cnc(NC(=O)C2(c3ccc(OC(F)(F)F)cc3)CC2)s1. The van der Waals surface area contributed by atoms with Gasteiger partial charge in [0.25, 0.3) is 0 Å². The van der Waals surface area contributed by atoms with Gasteiger partial charge in [-0.1, -0.05) is 30.3 Å². The Morgan fingerprint density at radius 2 is 1.87 bits per heavy atom. The van der Waals surface area contributed by atoms with E-state index >= 15 is 0 Å². The van der Waals surface area contributed by atoms with E-state index in [1.165, 1.54) is 35.6 Å². The summed E-state index contributed by atoms with van der Waals surface area (Å²) in [6, 6.07) is 13.2. The summed E-state index contributed by atoms with van der Waals surface area (Å²) in [6.07, 6.45) is -1.16. The lowest BCUT2D eigenvalue weighted by atomic mass is 9.95. The molecule has 1 aliphatic carbocycles. The van der Waals surface area contributed by atoms with Crippen molar-refractivity contribution in [3.63, 3.8) is 0 Å². The third-order valence-corrected chi connectivity index (χ3v) is 6.07. The van der Waals surface area contributed by atoms with Gasteiger partial charge in [0.05, 0.1) is 12.5 Å². The summed E-state index contributed by atoms with van der Waals surface area (Å²) in [4.78, 5) is 18.2. The Morgan fingerprint density at radius 3 is 2.52 bits per heavy atom. The Morgan fingerprint density at radius 1 is 1.16 bits per heavy atom. The van der Waals surface area contributed by atoms with Crippen molar-refractivity contribution in [3.05, 3.63) is 70.7 Å². The fourth-order valence-electron chi connectivity index (χ4n) is 3.45. The van der Waals surface area contributed by atoms with Crippen LogP contribution in [0.4, 0.5) is 18.3 Å². The van der Waals surface area contributed by atoms with Gasteiger partial charge in [0.1, 0.15) is 11.5 Å². The van der Waals surface area contributed by atoms with Gasteiger partial charge >= 0.3 is 6.36 Å². The number of benzene rings is 2. The second-order valence-corrected chi connectivity index (χ2v) is 8.34. The first-order valence-corrected chi connectivity index (χ1v) is 10.3. The molecule has 1 amide bonds. The Kier molecular flexibility index (Phi) is 5.62. The van der Waals surface area contributed by atoms with Crippen LogP contribution in [0.15, 0.2) is 54.7 Å². The minimum atomic E-state index is -4.75. The smallest absolute Gasteiger partial charge is 0.496 e. The van der Waals surface area contributed by atoms with Crippen LogP contribution < -0.4 is 14.8 Å². The summed E-state index contributed by atoms with van der Waals surface area (Å²) in [5.74, 6) is 0.264. The van der Waals surface area contributed by atoms with Crippen molar-refractivity contribution in [1.29, 1.82) is 0 Å². The molecule has 0 unspecified atom stereocenters. The van der Waals surface area contributed by atoms with E-state index in [9.17, 15) is 18.0 Å². The maximum absolute atomic E-state index is 12.9. The number of anilines is 1. The number of amides is 1. The van der Waals surface area contributed by atoms with E-state index < -0.39 is 11.8 Å². The van der Waals surface area contributed by atoms with E-state index in [2.05, 4.69) is 15.0 Å². The molecular formula is C22H19F3N2O3S. The molecule has 1 aliphatic rings. The first-order valence-electron chi connectivity index (χ1n) is 9.53. The summed E-state index contributed by atoms with van der Waals surface area (Å²) < 4.78 is 46.3. The molecule has 1 aromatic heterocycles. The molecule has 1 N–H and O–H groups in total. The average Bonchev–Trinajstić information content (AvgIpc) is 3.43. The molecule has 1 heterocycles. The molecule has 0 saturated heterocycles. The molecule has 4 rings (SSSR count). The van der Waals surface area contributed by atoms with Crippen LogP contribution in [0.25, 0.3) is 0 Å². The van der Waals surface area contributed by atoms with Gasteiger partial charge in [0, 0.05) is 17.5 Å². The third kappa shape index (κ3) is 4.82. The van der Waals surface area contributed by atoms with Crippen LogP contribution in [0, 0.1) is 0 Å². The molecule has 0 aliphatic heterocycles. The number of nitrogens with zero attached hydrogens (tertiary/aromatic N) is 1. The van der Waals surface area contributed by atoms with Gasteiger partial charge < -0.3 is 14.8 Å². The molecule has 162 valence electrons. The van der Waals surface area contributed by atoms with Crippen molar-refractivity contribution in [1.82, 2.24) is 4.98 Å². The molecule has 5 nitrogen and oxygen atoms in total. The zero-order valence-electron chi connectivity index (χ0n) is 16.5. The molecule has 1 fully saturated rings. The number of para-hydroxylation sites is 1. The van der Waals surface area contributed by atoms with Crippen molar-refractivity contribution in [2.45, 2.75) is 31.0 Å². The van der Waals surface area contributed by atoms with E-state index in [-0.39, 0.29) is 11.7 Å². The molecule has 0 spiro atoms. The Labute approximate surface area is 180 Å². The second kappa shape index (κ2) is 8.22. The maximum atomic E-state index is 12.9. The van der Waals surface area contributed by atoms with Gasteiger partial charge in [-0.25, -0.2) is 4.98 Å². The molecule has 1 saturated carbocycles. The van der Waals surface area contributed by atoms with Gasteiger partial charge in [0.2, 0.25) is 5.91 Å². The average molecular weight is 448 g/mol. The van der Waals surface area contributed by atoms with E-state index in [4.69, 9.17) is 4.74 Å². The molecule has 3 aromatic rings. The van der Waals surface area contributed by atoms with Crippen molar-refractivity contribution in [2.75, 3.05) is 12.4 Å². The van der Waals surface area contributed by atoms with E-state index in [1.54, 1.807) is 13.3 Å². The van der Waals surface area contributed by atoms with Crippen LogP contribution >= 0.6 is 11.3 Å². The van der Waals surface area contributed by atoms with Crippen molar-refractivity contribution < 1.29 is 27.4 Å². The number of aromatic nitrogens is 1. The van der Waals surface area contributed by atoms with Gasteiger partial charge in [-0.05, 0) is 42.2 Å². The summed E-state index contributed by atoms with van der Waals surface area (Å²) in [5, 5.41) is 3.34. The molecular weight excluding hydrogens is 429 g/mol. The predicted molar refractivity (Wildman–Crippen MR) is 111 cm³/mol. The van der Waals surface area contributed by atoms with E-state index in [0.717, 1.165) is 16.2 Å². The highest BCUT2D eigenvalue weighted by Gasteiger charge is 2.51. The molecule has 0 bridgehead atoms. The van der Waals surface area contributed by atoms with E-state index in [0.29, 0.717) is 30.0 Å². The highest BCUT2D eigenvalue weighted by atomic mass is 32.1. The summed E-state index contributed by atoms with van der Waals surface area (Å²) in [7, 11) is 1.62. The van der Waals surface area contributed by atoms with Crippen LogP contribution in [0.3, 0.4) is 0 Å². The highest BCUT2D eigenvalue weighted by molar-refractivity contribution is 7.15. The minimum absolute atomic E-state index is 0.213. The number of ether oxygens (including phenoxy) is 2. The van der Waals surface area contributed by atoms with Crippen molar-refractivity contribution >= 4 is 22.4 Å². The number of carbonyl (C=O) groups excluding carboxylic acids is 1. The largest absolute Gasteiger partial charge is 0.573 e. The molecule has 0 atom stereocenters. The topological polar surface area (TPSA) is 60.5 Å². The number of alkyl halides is 3. The molecule has 9 heteroatoms. The lowest BCUT2D eigenvalue weighted by Crippen LogP contribution is -2.27. The Balaban J connectivity index is 1.43. The molecule has 31 heavy (non-hydrogen) atoms. The zero-order chi connectivity index (χ0) is 22.1. The normalized spacial score (nSPS) is 14.7. The summed E-state index contributed by atoms with van der Waals surface area (Å²) in [6.45, 7) is 0.